The van der Waals surface area contributed by atoms with Gasteiger partial charge in [0.15, 0.2) is 0 Å². The fourth-order valence-corrected chi connectivity index (χ4v) is 0.475. The van der Waals surface area contributed by atoms with Crippen molar-refractivity contribution in [1.82, 2.24) is 5.32 Å². The lowest BCUT2D eigenvalue weighted by molar-refractivity contribution is 0.0648. The standard InChI is InChI=1S/C7H17NO/c1-4-5-8-6-9-7(2)3/h7-8H,4-6H2,1-3H3. The predicted molar refractivity (Wildman–Crippen MR) is 39.4 cm³/mol. The SMILES string of the molecule is CCCNCOC(C)C. The van der Waals surface area contributed by atoms with Gasteiger partial charge in [0.05, 0.1) is 12.8 Å². The van der Waals surface area contributed by atoms with Crippen LogP contribution in [0, 0.1) is 0 Å². The Bertz CT molecular complexity index is 54.9. The summed E-state index contributed by atoms with van der Waals surface area (Å²) in [6.07, 6.45) is 1.51. The van der Waals surface area contributed by atoms with Gasteiger partial charge in [0.1, 0.15) is 0 Å². The van der Waals surface area contributed by atoms with Crippen molar-refractivity contribution < 1.29 is 4.74 Å². The van der Waals surface area contributed by atoms with Gasteiger partial charge in [-0.1, -0.05) is 6.92 Å². The van der Waals surface area contributed by atoms with Gasteiger partial charge in [-0.05, 0) is 26.8 Å². The third-order valence-corrected chi connectivity index (χ3v) is 0.946. The van der Waals surface area contributed by atoms with Gasteiger partial charge in [0.2, 0.25) is 0 Å². The summed E-state index contributed by atoms with van der Waals surface area (Å²) in [6, 6.07) is 0. The topological polar surface area (TPSA) is 21.3 Å². The van der Waals surface area contributed by atoms with Crippen molar-refractivity contribution in [2.24, 2.45) is 0 Å². The predicted octanol–water partition coefficient (Wildman–Crippen LogP) is 1.37. The van der Waals surface area contributed by atoms with Gasteiger partial charge < -0.3 is 4.74 Å². The molecule has 0 saturated carbocycles. The first-order valence-electron chi connectivity index (χ1n) is 3.59. The molecule has 0 aliphatic carbocycles. The summed E-state index contributed by atoms with van der Waals surface area (Å²) in [5, 5.41) is 3.14. The van der Waals surface area contributed by atoms with E-state index in [1.165, 1.54) is 6.42 Å². The normalized spacial score (nSPS) is 10.7. The molecule has 0 unspecified atom stereocenters. The molecule has 0 saturated heterocycles. The Balaban J connectivity index is 2.75. The Labute approximate surface area is 57.6 Å². The highest BCUT2D eigenvalue weighted by molar-refractivity contribution is 4.38. The van der Waals surface area contributed by atoms with E-state index in [0.717, 1.165) is 6.54 Å². The third kappa shape index (κ3) is 7.92. The summed E-state index contributed by atoms with van der Waals surface area (Å²) in [5.74, 6) is 0. The average molecular weight is 131 g/mol. The Kier molecular flexibility index (Phi) is 5.99. The maximum atomic E-state index is 5.23. The fourth-order valence-electron chi connectivity index (χ4n) is 0.475. The molecule has 0 aromatic carbocycles. The van der Waals surface area contributed by atoms with E-state index in [0.29, 0.717) is 12.8 Å². The van der Waals surface area contributed by atoms with Crippen molar-refractivity contribution in [3.8, 4) is 0 Å². The quantitative estimate of drug-likeness (QED) is 0.449. The van der Waals surface area contributed by atoms with Gasteiger partial charge in [-0.3, -0.25) is 5.32 Å². The second-order valence-corrected chi connectivity index (χ2v) is 2.36. The van der Waals surface area contributed by atoms with Gasteiger partial charge in [-0.15, -0.1) is 0 Å². The lowest BCUT2D eigenvalue weighted by Crippen LogP contribution is -2.21. The molecule has 0 atom stereocenters. The van der Waals surface area contributed by atoms with Crippen molar-refractivity contribution in [3.05, 3.63) is 0 Å². The first-order chi connectivity index (χ1) is 4.27. The summed E-state index contributed by atoms with van der Waals surface area (Å²) in [7, 11) is 0. The molecular weight excluding hydrogens is 114 g/mol. The lowest BCUT2D eigenvalue weighted by atomic mass is 10.5. The molecular formula is C7H17NO. The number of rotatable bonds is 5. The molecule has 0 heterocycles. The van der Waals surface area contributed by atoms with E-state index in [2.05, 4.69) is 12.2 Å². The van der Waals surface area contributed by atoms with E-state index in [9.17, 15) is 0 Å². The zero-order valence-electron chi connectivity index (χ0n) is 6.61. The highest BCUT2D eigenvalue weighted by Gasteiger charge is 1.89. The zero-order chi connectivity index (χ0) is 7.11. The van der Waals surface area contributed by atoms with Crippen molar-refractivity contribution in [1.29, 1.82) is 0 Å². The molecule has 0 rings (SSSR count). The van der Waals surface area contributed by atoms with Crippen LogP contribution >= 0.6 is 0 Å². The van der Waals surface area contributed by atoms with E-state index in [-0.39, 0.29) is 0 Å². The van der Waals surface area contributed by atoms with Crippen LogP contribution in [-0.2, 0) is 4.74 Å². The Morgan fingerprint density at radius 3 is 2.56 bits per heavy atom. The van der Waals surface area contributed by atoms with Crippen LogP contribution in [0.25, 0.3) is 0 Å². The first kappa shape index (κ1) is 8.92. The number of hydrogen-bond acceptors (Lipinski definition) is 2. The third-order valence-electron chi connectivity index (χ3n) is 0.946. The molecule has 0 fully saturated rings. The molecule has 0 amide bonds. The Morgan fingerprint density at radius 1 is 1.44 bits per heavy atom. The van der Waals surface area contributed by atoms with E-state index >= 15 is 0 Å². The van der Waals surface area contributed by atoms with E-state index < -0.39 is 0 Å². The average Bonchev–Trinajstić information content (AvgIpc) is 1.80. The number of ether oxygens (including phenoxy) is 1. The van der Waals surface area contributed by atoms with Gasteiger partial charge in [-0.2, -0.15) is 0 Å². The lowest BCUT2D eigenvalue weighted by Gasteiger charge is -2.07. The first-order valence-corrected chi connectivity index (χ1v) is 3.59. The molecule has 1 N–H and O–H groups in total. The summed E-state index contributed by atoms with van der Waals surface area (Å²) >= 11 is 0. The maximum absolute atomic E-state index is 5.23. The molecule has 0 aliphatic heterocycles. The molecule has 0 aromatic rings. The van der Waals surface area contributed by atoms with Crippen molar-refractivity contribution in [2.45, 2.75) is 33.3 Å². The van der Waals surface area contributed by atoms with Crippen LogP contribution in [0.3, 0.4) is 0 Å². The van der Waals surface area contributed by atoms with E-state index in [4.69, 9.17) is 4.74 Å². The van der Waals surface area contributed by atoms with Crippen LogP contribution in [-0.4, -0.2) is 19.4 Å². The molecule has 0 aliphatic rings. The monoisotopic (exact) mass is 131 g/mol. The van der Waals surface area contributed by atoms with Crippen molar-refractivity contribution in [3.63, 3.8) is 0 Å². The minimum atomic E-state index is 0.342. The summed E-state index contributed by atoms with van der Waals surface area (Å²) in [4.78, 5) is 0. The van der Waals surface area contributed by atoms with Gasteiger partial charge in [0.25, 0.3) is 0 Å². The highest BCUT2D eigenvalue weighted by atomic mass is 16.5. The van der Waals surface area contributed by atoms with Crippen LogP contribution < -0.4 is 5.32 Å². The van der Waals surface area contributed by atoms with E-state index in [1.807, 2.05) is 13.8 Å². The smallest absolute Gasteiger partial charge is 0.0968 e. The molecule has 0 radical (unpaired) electrons. The van der Waals surface area contributed by atoms with Gasteiger partial charge in [-0.25, -0.2) is 0 Å². The maximum Gasteiger partial charge on any atom is 0.0968 e. The number of nitrogens with one attached hydrogen (secondary N) is 1. The Hall–Kier alpha value is -0.0800. The molecule has 2 nitrogen and oxygen atoms in total. The second kappa shape index (κ2) is 6.05. The van der Waals surface area contributed by atoms with Crippen LogP contribution in [0.5, 0.6) is 0 Å². The molecule has 9 heavy (non-hydrogen) atoms. The molecule has 0 aromatic heterocycles. The minimum absolute atomic E-state index is 0.342. The second-order valence-electron chi connectivity index (χ2n) is 2.36. The van der Waals surface area contributed by atoms with Crippen LogP contribution in [0.2, 0.25) is 0 Å². The summed E-state index contributed by atoms with van der Waals surface area (Å²) < 4.78 is 5.23. The molecule has 0 spiro atoms. The van der Waals surface area contributed by atoms with Crippen molar-refractivity contribution in [2.75, 3.05) is 13.3 Å². The Morgan fingerprint density at radius 2 is 2.11 bits per heavy atom. The summed E-state index contributed by atoms with van der Waals surface area (Å²) in [6.45, 7) is 7.95. The van der Waals surface area contributed by atoms with Crippen molar-refractivity contribution >= 4 is 0 Å². The number of hydrogen-bond donors (Lipinski definition) is 1. The molecule has 56 valence electrons. The van der Waals surface area contributed by atoms with Crippen LogP contribution in [0.1, 0.15) is 27.2 Å². The van der Waals surface area contributed by atoms with Crippen LogP contribution in [0.4, 0.5) is 0 Å². The largest absolute Gasteiger partial charge is 0.364 e. The zero-order valence-corrected chi connectivity index (χ0v) is 6.61. The van der Waals surface area contributed by atoms with Gasteiger partial charge >= 0.3 is 0 Å². The fraction of sp³-hybridized carbons (Fsp3) is 1.00. The van der Waals surface area contributed by atoms with Crippen LogP contribution in [0.15, 0.2) is 0 Å². The van der Waals surface area contributed by atoms with E-state index in [1.54, 1.807) is 0 Å². The molecule has 0 bridgehead atoms. The summed E-state index contributed by atoms with van der Waals surface area (Å²) in [5.41, 5.74) is 0. The highest BCUT2D eigenvalue weighted by Crippen LogP contribution is 1.83. The van der Waals surface area contributed by atoms with Gasteiger partial charge in [0, 0.05) is 0 Å². The minimum Gasteiger partial charge on any atom is -0.364 e. The molecule has 2 heteroatoms.